The van der Waals surface area contributed by atoms with E-state index in [0.29, 0.717) is 17.3 Å². The number of amides is 1. The molecule has 0 aliphatic carbocycles. The molecule has 2 N–H and O–H groups in total. The Morgan fingerprint density at radius 3 is 3.00 bits per heavy atom. The number of carbonyl (C=O) groups excluding carboxylic acids is 1. The number of ether oxygens (including phenoxy) is 1. The highest BCUT2D eigenvalue weighted by atomic mass is 35.5. The lowest BCUT2D eigenvalue weighted by Crippen LogP contribution is -2.29. The number of carbonyl (C=O) groups is 1. The highest BCUT2D eigenvalue weighted by Gasteiger charge is 2.09. The largest absolute Gasteiger partial charge is 0.483 e. The molecule has 0 atom stereocenters. The first kappa shape index (κ1) is 15.3. The molecule has 0 unspecified atom stereocenters. The van der Waals surface area contributed by atoms with Crippen molar-refractivity contribution in [3.63, 3.8) is 0 Å². The van der Waals surface area contributed by atoms with E-state index < -0.39 is 0 Å². The van der Waals surface area contributed by atoms with Gasteiger partial charge in [0.2, 0.25) is 0 Å². The number of hydrogen-bond acceptors (Lipinski definition) is 4. The molecule has 19 heavy (non-hydrogen) atoms. The van der Waals surface area contributed by atoms with Crippen molar-refractivity contribution in [2.75, 3.05) is 19.7 Å². The standard InChI is InChI=1S/C13H16ClN3O2/c1-2-16-8-10-11(14)4-3-5-12(10)19-9-13(18)17-7-6-15/h3-5,16H,2,7-9H2,1H3,(H,17,18). The van der Waals surface area contributed by atoms with E-state index >= 15 is 0 Å². The molecule has 1 rings (SSSR count). The molecule has 1 aromatic carbocycles. The molecule has 0 heterocycles. The predicted octanol–water partition coefficient (Wildman–Crippen LogP) is 1.47. The van der Waals surface area contributed by atoms with Gasteiger partial charge < -0.3 is 15.4 Å². The fraction of sp³-hybridized carbons (Fsp3) is 0.385. The molecule has 0 aliphatic heterocycles. The number of nitriles is 1. The zero-order valence-corrected chi connectivity index (χ0v) is 11.5. The van der Waals surface area contributed by atoms with Gasteiger partial charge >= 0.3 is 0 Å². The van der Waals surface area contributed by atoms with Crippen molar-refractivity contribution in [3.05, 3.63) is 28.8 Å². The smallest absolute Gasteiger partial charge is 0.258 e. The lowest BCUT2D eigenvalue weighted by Gasteiger charge is -2.12. The number of halogens is 1. The van der Waals surface area contributed by atoms with Gasteiger partial charge in [0.25, 0.3) is 5.91 Å². The average molecular weight is 282 g/mol. The molecule has 0 bridgehead atoms. The van der Waals surface area contributed by atoms with E-state index in [2.05, 4.69) is 10.6 Å². The van der Waals surface area contributed by atoms with Crippen LogP contribution in [0.25, 0.3) is 0 Å². The summed E-state index contributed by atoms with van der Waals surface area (Å²) >= 11 is 6.10. The van der Waals surface area contributed by atoms with Gasteiger partial charge in [0.1, 0.15) is 12.3 Å². The third-order valence-electron chi connectivity index (χ3n) is 2.35. The summed E-state index contributed by atoms with van der Waals surface area (Å²) in [4.78, 5) is 11.3. The Morgan fingerprint density at radius 1 is 1.53 bits per heavy atom. The first-order valence-electron chi connectivity index (χ1n) is 5.93. The molecule has 1 aromatic rings. The van der Waals surface area contributed by atoms with Crippen LogP contribution in [0.5, 0.6) is 5.75 Å². The van der Waals surface area contributed by atoms with Gasteiger partial charge in [0.05, 0.1) is 6.07 Å². The molecule has 6 heteroatoms. The van der Waals surface area contributed by atoms with Crippen LogP contribution >= 0.6 is 11.6 Å². The highest BCUT2D eigenvalue weighted by Crippen LogP contribution is 2.26. The molecule has 0 saturated carbocycles. The van der Waals surface area contributed by atoms with Crippen LogP contribution in [-0.2, 0) is 11.3 Å². The Kier molecular flexibility index (Phi) is 6.72. The van der Waals surface area contributed by atoms with E-state index in [1.165, 1.54) is 0 Å². The summed E-state index contributed by atoms with van der Waals surface area (Å²) in [7, 11) is 0. The van der Waals surface area contributed by atoms with Crippen molar-refractivity contribution in [2.24, 2.45) is 0 Å². The first-order chi connectivity index (χ1) is 9.19. The second kappa shape index (κ2) is 8.35. The van der Waals surface area contributed by atoms with E-state index in [1.54, 1.807) is 18.2 Å². The topological polar surface area (TPSA) is 74.2 Å². The molecule has 5 nitrogen and oxygen atoms in total. The fourth-order valence-electron chi connectivity index (χ4n) is 1.43. The minimum absolute atomic E-state index is 0.0258. The van der Waals surface area contributed by atoms with Crippen LogP contribution in [-0.4, -0.2) is 25.6 Å². The molecular weight excluding hydrogens is 266 g/mol. The Morgan fingerprint density at radius 2 is 2.32 bits per heavy atom. The summed E-state index contributed by atoms with van der Waals surface area (Å²) < 4.78 is 5.43. The second-order valence-corrected chi connectivity index (χ2v) is 4.13. The quantitative estimate of drug-likeness (QED) is 0.742. The van der Waals surface area contributed by atoms with Crippen molar-refractivity contribution < 1.29 is 9.53 Å². The summed E-state index contributed by atoms with van der Waals surface area (Å²) in [6.45, 7) is 3.22. The van der Waals surface area contributed by atoms with Gasteiger partial charge in [0.15, 0.2) is 6.61 Å². The Hall–Kier alpha value is -1.77. The maximum Gasteiger partial charge on any atom is 0.258 e. The molecule has 0 fully saturated rings. The molecular formula is C13H16ClN3O2. The zero-order valence-electron chi connectivity index (χ0n) is 10.7. The third kappa shape index (κ3) is 5.16. The third-order valence-corrected chi connectivity index (χ3v) is 2.71. The fourth-order valence-corrected chi connectivity index (χ4v) is 1.66. The number of nitrogens with zero attached hydrogens (tertiary/aromatic N) is 1. The summed E-state index contributed by atoms with van der Waals surface area (Å²) in [6.07, 6.45) is 0. The molecule has 1 amide bonds. The zero-order chi connectivity index (χ0) is 14.1. The van der Waals surface area contributed by atoms with E-state index in [1.807, 2.05) is 13.0 Å². The normalized spacial score (nSPS) is 9.74. The van der Waals surface area contributed by atoms with Crippen LogP contribution in [0.3, 0.4) is 0 Å². The van der Waals surface area contributed by atoms with Crippen LogP contribution in [0, 0.1) is 11.3 Å². The first-order valence-corrected chi connectivity index (χ1v) is 6.31. The van der Waals surface area contributed by atoms with Crippen molar-refractivity contribution in [3.8, 4) is 11.8 Å². The second-order valence-electron chi connectivity index (χ2n) is 3.72. The lowest BCUT2D eigenvalue weighted by molar-refractivity contribution is -0.122. The summed E-state index contributed by atoms with van der Waals surface area (Å²) in [5.74, 6) is 0.233. The van der Waals surface area contributed by atoms with Crippen LogP contribution in [0.1, 0.15) is 12.5 Å². The van der Waals surface area contributed by atoms with Gasteiger partial charge in [-0.1, -0.05) is 24.6 Å². The van der Waals surface area contributed by atoms with Gasteiger partial charge in [-0.25, -0.2) is 0 Å². The minimum Gasteiger partial charge on any atom is -0.483 e. The highest BCUT2D eigenvalue weighted by molar-refractivity contribution is 6.31. The molecule has 0 spiro atoms. The van der Waals surface area contributed by atoms with Gasteiger partial charge in [-0.2, -0.15) is 5.26 Å². The average Bonchev–Trinajstić information content (AvgIpc) is 2.41. The predicted molar refractivity (Wildman–Crippen MR) is 73.0 cm³/mol. The molecule has 0 aromatic heterocycles. The van der Waals surface area contributed by atoms with Crippen molar-refractivity contribution in [1.29, 1.82) is 5.26 Å². The maximum absolute atomic E-state index is 11.3. The number of rotatable bonds is 7. The van der Waals surface area contributed by atoms with Gasteiger partial charge in [-0.05, 0) is 18.7 Å². The number of nitrogens with one attached hydrogen (secondary N) is 2. The van der Waals surface area contributed by atoms with E-state index in [0.717, 1.165) is 12.1 Å². The van der Waals surface area contributed by atoms with Crippen LogP contribution in [0.4, 0.5) is 0 Å². The van der Waals surface area contributed by atoms with Crippen LogP contribution < -0.4 is 15.4 Å². The van der Waals surface area contributed by atoms with Crippen LogP contribution in [0.2, 0.25) is 5.02 Å². The molecule has 0 radical (unpaired) electrons. The van der Waals surface area contributed by atoms with Crippen molar-refractivity contribution in [2.45, 2.75) is 13.5 Å². The lowest BCUT2D eigenvalue weighted by atomic mass is 10.2. The molecule has 102 valence electrons. The van der Waals surface area contributed by atoms with Crippen molar-refractivity contribution >= 4 is 17.5 Å². The van der Waals surface area contributed by atoms with Crippen molar-refractivity contribution in [1.82, 2.24) is 10.6 Å². The van der Waals surface area contributed by atoms with Gasteiger partial charge in [0, 0.05) is 17.1 Å². The SMILES string of the molecule is CCNCc1c(Cl)cccc1OCC(=O)NCC#N. The Bertz CT molecular complexity index is 471. The van der Waals surface area contributed by atoms with E-state index in [9.17, 15) is 4.79 Å². The summed E-state index contributed by atoms with van der Waals surface area (Å²) in [5.41, 5.74) is 0.819. The maximum atomic E-state index is 11.3. The Labute approximate surface area is 117 Å². The van der Waals surface area contributed by atoms with E-state index in [-0.39, 0.29) is 19.1 Å². The van der Waals surface area contributed by atoms with E-state index in [4.69, 9.17) is 21.6 Å². The summed E-state index contributed by atoms with van der Waals surface area (Å²) in [5, 5.41) is 14.5. The monoisotopic (exact) mass is 281 g/mol. The minimum atomic E-state index is -0.337. The molecule has 0 aliphatic rings. The Balaban J connectivity index is 2.64. The van der Waals surface area contributed by atoms with Gasteiger partial charge in [-0.15, -0.1) is 0 Å². The van der Waals surface area contributed by atoms with Crippen LogP contribution in [0.15, 0.2) is 18.2 Å². The number of benzene rings is 1. The van der Waals surface area contributed by atoms with Gasteiger partial charge in [-0.3, -0.25) is 4.79 Å². The summed E-state index contributed by atoms with van der Waals surface area (Å²) in [6, 6.07) is 7.13. The number of hydrogen-bond donors (Lipinski definition) is 2. The molecule has 0 saturated heterocycles.